The second kappa shape index (κ2) is 5.08. The maximum Gasteiger partial charge on any atom is 0.420 e. The molecule has 0 amide bonds. The van der Waals surface area contributed by atoms with Crippen molar-refractivity contribution in [1.29, 1.82) is 0 Å². The standard InChI is InChI=1S/C13H15NO4/c1-3-9(12(15)17-4-2)14-10-7-5-6-8-11(10)18-13(14)16/h5-9H,3-4H2,1-2H3. The first-order chi connectivity index (χ1) is 8.69. The molecule has 0 fully saturated rings. The topological polar surface area (TPSA) is 61.4 Å². The van der Waals surface area contributed by atoms with Crippen molar-refractivity contribution < 1.29 is 13.9 Å². The lowest BCUT2D eigenvalue weighted by atomic mass is 10.2. The SMILES string of the molecule is CCOC(=O)C(CC)n1c(=O)oc2ccccc21. The van der Waals surface area contributed by atoms with Crippen LogP contribution in [0.25, 0.3) is 11.1 Å². The van der Waals surface area contributed by atoms with E-state index >= 15 is 0 Å². The van der Waals surface area contributed by atoms with Gasteiger partial charge in [-0.25, -0.2) is 9.59 Å². The third kappa shape index (κ3) is 2.03. The van der Waals surface area contributed by atoms with Gasteiger partial charge in [-0.2, -0.15) is 0 Å². The molecule has 1 unspecified atom stereocenters. The summed E-state index contributed by atoms with van der Waals surface area (Å²) in [5.74, 6) is -0.940. The highest BCUT2D eigenvalue weighted by Crippen LogP contribution is 2.19. The van der Waals surface area contributed by atoms with Gasteiger partial charge in [0.1, 0.15) is 6.04 Å². The van der Waals surface area contributed by atoms with Crippen LogP contribution in [-0.2, 0) is 9.53 Å². The van der Waals surface area contributed by atoms with Gasteiger partial charge in [-0.1, -0.05) is 19.1 Å². The van der Waals surface area contributed by atoms with E-state index in [0.29, 0.717) is 24.1 Å². The van der Waals surface area contributed by atoms with E-state index in [1.54, 1.807) is 31.2 Å². The fraction of sp³-hybridized carbons (Fsp3) is 0.385. The predicted molar refractivity (Wildman–Crippen MR) is 66.4 cm³/mol. The molecular weight excluding hydrogens is 234 g/mol. The molecule has 18 heavy (non-hydrogen) atoms. The van der Waals surface area contributed by atoms with E-state index in [4.69, 9.17) is 9.15 Å². The largest absolute Gasteiger partial charge is 0.464 e. The number of benzene rings is 1. The fourth-order valence-corrected chi connectivity index (χ4v) is 1.97. The van der Waals surface area contributed by atoms with Crippen molar-refractivity contribution in [3.8, 4) is 0 Å². The first-order valence-electron chi connectivity index (χ1n) is 5.95. The van der Waals surface area contributed by atoms with Crippen molar-refractivity contribution in [2.75, 3.05) is 6.61 Å². The number of esters is 1. The molecule has 1 aromatic heterocycles. The average molecular weight is 249 g/mol. The van der Waals surface area contributed by atoms with Crippen LogP contribution in [0.5, 0.6) is 0 Å². The molecular formula is C13H15NO4. The number of rotatable bonds is 4. The lowest BCUT2D eigenvalue weighted by molar-refractivity contribution is -0.147. The Labute approximate surface area is 104 Å². The molecule has 1 heterocycles. The Morgan fingerprint density at radius 2 is 2.11 bits per heavy atom. The van der Waals surface area contributed by atoms with Gasteiger partial charge in [-0.05, 0) is 25.5 Å². The van der Waals surface area contributed by atoms with Crippen LogP contribution in [0.2, 0.25) is 0 Å². The Hall–Kier alpha value is -2.04. The van der Waals surface area contributed by atoms with Gasteiger partial charge in [-0.3, -0.25) is 4.57 Å². The molecule has 0 saturated carbocycles. The first kappa shape index (κ1) is 12.4. The molecule has 0 aliphatic carbocycles. The van der Waals surface area contributed by atoms with Crippen LogP contribution in [0.15, 0.2) is 33.5 Å². The van der Waals surface area contributed by atoms with Crippen molar-refractivity contribution in [3.63, 3.8) is 0 Å². The Kier molecular flexibility index (Phi) is 3.50. The smallest absolute Gasteiger partial charge is 0.420 e. The zero-order chi connectivity index (χ0) is 13.1. The summed E-state index contributed by atoms with van der Waals surface area (Å²) in [6.07, 6.45) is 0.474. The van der Waals surface area contributed by atoms with Crippen LogP contribution in [0.1, 0.15) is 26.3 Å². The molecule has 0 spiro atoms. The molecule has 2 rings (SSSR count). The van der Waals surface area contributed by atoms with Crippen LogP contribution in [0.3, 0.4) is 0 Å². The van der Waals surface area contributed by atoms with Gasteiger partial charge in [0.15, 0.2) is 5.58 Å². The van der Waals surface area contributed by atoms with Gasteiger partial charge < -0.3 is 9.15 Å². The number of carbonyl (C=O) groups excluding carboxylic acids is 1. The van der Waals surface area contributed by atoms with Gasteiger partial charge in [-0.15, -0.1) is 0 Å². The number of carbonyl (C=O) groups is 1. The Morgan fingerprint density at radius 1 is 1.39 bits per heavy atom. The summed E-state index contributed by atoms with van der Waals surface area (Å²) in [5, 5.41) is 0. The molecule has 1 atom stereocenters. The Balaban J connectivity index is 2.54. The summed E-state index contributed by atoms with van der Waals surface area (Å²) in [7, 11) is 0. The monoisotopic (exact) mass is 249 g/mol. The number of ether oxygens (including phenoxy) is 1. The normalized spacial score (nSPS) is 12.6. The molecule has 5 nitrogen and oxygen atoms in total. The van der Waals surface area contributed by atoms with Gasteiger partial charge in [0.2, 0.25) is 0 Å². The number of nitrogens with zero attached hydrogens (tertiary/aromatic N) is 1. The minimum Gasteiger partial charge on any atom is -0.464 e. The van der Waals surface area contributed by atoms with E-state index < -0.39 is 17.8 Å². The summed E-state index contributed by atoms with van der Waals surface area (Å²) in [4.78, 5) is 23.7. The minimum absolute atomic E-state index is 0.292. The molecule has 1 aromatic carbocycles. The van der Waals surface area contributed by atoms with Gasteiger partial charge in [0.25, 0.3) is 0 Å². The molecule has 0 bridgehead atoms. The maximum absolute atomic E-state index is 11.8. The number of aromatic nitrogens is 1. The summed E-state index contributed by atoms with van der Waals surface area (Å²) in [6.45, 7) is 3.86. The van der Waals surface area contributed by atoms with Crippen molar-refractivity contribution in [3.05, 3.63) is 34.8 Å². The van der Waals surface area contributed by atoms with Gasteiger partial charge in [0, 0.05) is 0 Å². The average Bonchev–Trinajstić information content (AvgIpc) is 2.68. The van der Waals surface area contributed by atoms with E-state index in [-0.39, 0.29) is 0 Å². The van der Waals surface area contributed by atoms with Gasteiger partial charge in [0.05, 0.1) is 12.1 Å². The third-order valence-electron chi connectivity index (χ3n) is 2.78. The second-order valence-electron chi connectivity index (χ2n) is 3.88. The summed E-state index contributed by atoms with van der Waals surface area (Å²) >= 11 is 0. The van der Waals surface area contributed by atoms with E-state index in [1.165, 1.54) is 4.57 Å². The highest BCUT2D eigenvalue weighted by atomic mass is 16.5. The predicted octanol–water partition coefficient (Wildman–Crippen LogP) is 2.11. The molecule has 96 valence electrons. The molecule has 0 aliphatic heterocycles. The quantitative estimate of drug-likeness (QED) is 0.778. The van der Waals surface area contributed by atoms with Crippen LogP contribution < -0.4 is 5.76 Å². The second-order valence-corrected chi connectivity index (χ2v) is 3.88. The van der Waals surface area contributed by atoms with Crippen molar-refractivity contribution in [2.45, 2.75) is 26.3 Å². The number of para-hydroxylation sites is 2. The fourth-order valence-electron chi connectivity index (χ4n) is 1.97. The van der Waals surface area contributed by atoms with E-state index in [1.807, 2.05) is 6.92 Å². The Morgan fingerprint density at radius 3 is 2.78 bits per heavy atom. The lowest BCUT2D eigenvalue weighted by Gasteiger charge is -2.14. The Bertz CT molecular complexity index is 611. The number of hydrogen-bond donors (Lipinski definition) is 0. The zero-order valence-corrected chi connectivity index (χ0v) is 10.4. The number of oxazole rings is 1. The highest BCUT2D eigenvalue weighted by molar-refractivity contribution is 5.79. The maximum atomic E-state index is 11.8. The van der Waals surface area contributed by atoms with E-state index in [0.717, 1.165) is 0 Å². The number of hydrogen-bond acceptors (Lipinski definition) is 4. The molecule has 0 aliphatic rings. The molecule has 0 saturated heterocycles. The van der Waals surface area contributed by atoms with Crippen LogP contribution in [0.4, 0.5) is 0 Å². The van der Waals surface area contributed by atoms with E-state index in [2.05, 4.69) is 0 Å². The van der Waals surface area contributed by atoms with Gasteiger partial charge >= 0.3 is 11.7 Å². The molecule has 5 heteroatoms. The molecule has 0 N–H and O–H groups in total. The summed E-state index contributed by atoms with van der Waals surface area (Å²) in [6, 6.07) is 6.39. The molecule has 0 radical (unpaired) electrons. The van der Waals surface area contributed by atoms with Crippen LogP contribution in [0, 0.1) is 0 Å². The lowest BCUT2D eigenvalue weighted by Crippen LogP contribution is -2.28. The zero-order valence-electron chi connectivity index (χ0n) is 10.4. The third-order valence-corrected chi connectivity index (χ3v) is 2.78. The summed E-state index contributed by atoms with van der Waals surface area (Å²) < 4.78 is 11.4. The summed E-state index contributed by atoms with van der Waals surface area (Å²) in [5.41, 5.74) is 1.09. The van der Waals surface area contributed by atoms with Crippen molar-refractivity contribution >= 4 is 17.1 Å². The first-order valence-corrected chi connectivity index (χ1v) is 5.95. The highest BCUT2D eigenvalue weighted by Gasteiger charge is 2.24. The number of fused-ring (bicyclic) bond motifs is 1. The van der Waals surface area contributed by atoms with Crippen LogP contribution in [-0.4, -0.2) is 17.1 Å². The molecule has 2 aromatic rings. The van der Waals surface area contributed by atoms with Crippen molar-refractivity contribution in [1.82, 2.24) is 4.57 Å². The van der Waals surface area contributed by atoms with Crippen molar-refractivity contribution in [2.24, 2.45) is 0 Å². The van der Waals surface area contributed by atoms with Crippen LogP contribution >= 0.6 is 0 Å². The van der Waals surface area contributed by atoms with E-state index in [9.17, 15) is 9.59 Å². The minimum atomic E-state index is -0.638.